The minimum absolute atomic E-state index is 0. The van der Waals surface area contributed by atoms with Crippen molar-refractivity contribution in [1.82, 2.24) is 18.7 Å². The summed E-state index contributed by atoms with van der Waals surface area (Å²) in [5, 5.41) is 8.80. The van der Waals surface area contributed by atoms with Crippen LogP contribution in [0.15, 0.2) is 83.1 Å². The smallest absolute Gasteiger partial charge is 0.416 e. The molecule has 0 bridgehead atoms. The highest BCUT2D eigenvalue weighted by Gasteiger charge is 2.34. The SMILES string of the molecule is C.CCC(=O)c1cc(Oc2cc(F)c(S(=O)(=O)Cc3ncns3)cc2F)cc(C(F)(F)F)c1.CN.Cl.Cl.O=C(O)c1cc(Oc2cc(F)c(S(=O)(=O)Nc3ncns3)cc2F)cc(C(F)(F)F)c1. The van der Waals surface area contributed by atoms with Gasteiger partial charge >= 0.3 is 18.3 Å². The molecule has 4 aromatic carbocycles. The Labute approximate surface area is 399 Å². The third-order valence-corrected chi connectivity index (χ3v) is 12.3. The Morgan fingerprint density at radius 1 is 0.676 bits per heavy atom. The van der Waals surface area contributed by atoms with Crippen LogP contribution in [-0.2, 0) is 38.0 Å². The van der Waals surface area contributed by atoms with Crippen LogP contribution in [0.4, 0.5) is 49.0 Å². The van der Waals surface area contributed by atoms with Gasteiger partial charge in [0.1, 0.15) is 56.3 Å². The van der Waals surface area contributed by atoms with E-state index in [0.717, 1.165) is 30.3 Å². The summed E-state index contributed by atoms with van der Waals surface area (Å²) >= 11 is 1.40. The van der Waals surface area contributed by atoms with Crippen molar-refractivity contribution in [2.24, 2.45) is 5.73 Å². The van der Waals surface area contributed by atoms with E-state index in [9.17, 15) is 70.3 Å². The zero-order chi connectivity index (χ0) is 48.7. The maximum absolute atomic E-state index is 14.5. The number of hydrogen-bond donors (Lipinski definition) is 3. The van der Waals surface area contributed by atoms with Crippen LogP contribution in [-0.4, -0.2) is 59.5 Å². The molecule has 0 saturated heterocycles. The van der Waals surface area contributed by atoms with Crippen LogP contribution in [0.25, 0.3) is 0 Å². The lowest BCUT2D eigenvalue weighted by molar-refractivity contribution is -0.138. The normalized spacial score (nSPS) is 11.2. The number of aromatic carboxylic acids is 1. The number of aromatic nitrogens is 4. The topological polar surface area (TPSA) is 231 Å². The summed E-state index contributed by atoms with van der Waals surface area (Å²) in [6, 6.07) is 4.80. The van der Waals surface area contributed by atoms with E-state index in [1.165, 1.54) is 14.0 Å². The number of rotatable bonds is 13. The maximum Gasteiger partial charge on any atom is 0.416 e. The minimum atomic E-state index is -4.94. The second-order valence-electron chi connectivity index (χ2n) is 12.1. The Balaban J connectivity index is 0.000000630. The zero-order valence-corrected chi connectivity index (χ0v) is 38.0. The van der Waals surface area contributed by atoms with Crippen molar-refractivity contribution in [2.45, 2.75) is 48.7 Å². The van der Waals surface area contributed by atoms with E-state index < -0.39 is 122 Å². The molecule has 0 spiro atoms. The van der Waals surface area contributed by atoms with Gasteiger partial charge in [-0.25, -0.2) is 49.2 Å². The van der Waals surface area contributed by atoms with Gasteiger partial charge in [0.15, 0.2) is 38.8 Å². The summed E-state index contributed by atoms with van der Waals surface area (Å²) in [5.41, 5.74) is 0.744. The number of carbonyl (C=O) groups is 2. The van der Waals surface area contributed by atoms with E-state index in [4.69, 9.17) is 14.6 Å². The first kappa shape index (κ1) is 60.3. The largest absolute Gasteiger partial charge is 0.478 e. The predicted molar refractivity (Wildman–Crippen MR) is 230 cm³/mol. The van der Waals surface area contributed by atoms with Crippen molar-refractivity contribution in [3.05, 3.63) is 124 Å². The molecule has 15 nitrogen and oxygen atoms in total. The van der Waals surface area contributed by atoms with Crippen molar-refractivity contribution in [1.29, 1.82) is 0 Å². The highest BCUT2D eigenvalue weighted by atomic mass is 35.5. The first-order chi connectivity index (χ1) is 30.3. The fourth-order valence-corrected chi connectivity index (χ4v) is 8.81. The molecule has 0 unspecified atom stereocenters. The number of anilines is 1. The van der Waals surface area contributed by atoms with Gasteiger partial charge in [-0.3, -0.25) is 9.52 Å². The van der Waals surface area contributed by atoms with Crippen molar-refractivity contribution in [3.63, 3.8) is 0 Å². The van der Waals surface area contributed by atoms with Gasteiger partial charge < -0.3 is 20.3 Å². The van der Waals surface area contributed by atoms with Crippen molar-refractivity contribution >= 4 is 84.6 Å². The van der Waals surface area contributed by atoms with Crippen LogP contribution in [0.1, 0.15) is 57.6 Å². The summed E-state index contributed by atoms with van der Waals surface area (Å²) in [5.74, 6) is -11.8. The fraction of sp³-hybridized carbons (Fsp3) is 0.189. The standard InChI is InChI=1S/C19H13F5N2O4S2.C16H8F5N3O5S2.CH5N.CH4.2ClH/c1-2-15(27)10-3-11(19(22,23)24)5-12(4-10)30-16-6-14(21)17(7-13(16)20)32(28,29)8-18-25-9-26-31-18;17-10-5-13(31(27,28)24-15-22-6-23-30-15)11(18)4-12(10)29-9-2-7(14(25)26)1-8(3-9)16(19,20)21;1-2;;;/h3-7,9H,2,8H2,1H3;1-6H,(H,25,26)(H,22,23,24);2H2,1H3;1H4;2*1H. The molecule has 2 aromatic heterocycles. The number of ketones is 1. The number of hydrogen-bond acceptors (Lipinski definition) is 15. The van der Waals surface area contributed by atoms with Gasteiger partial charge in [-0.2, -0.15) is 35.1 Å². The van der Waals surface area contributed by atoms with Crippen LogP contribution in [0.3, 0.4) is 0 Å². The lowest BCUT2D eigenvalue weighted by Gasteiger charge is -2.14. The van der Waals surface area contributed by atoms with Crippen molar-refractivity contribution in [3.8, 4) is 23.0 Å². The molecule has 6 rings (SSSR count). The number of ether oxygens (including phenoxy) is 2. The fourth-order valence-electron chi connectivity index (χ4n) is 4.90. The van der Waals surface area contributed by atoms with Gasteiger partial charge in [-0.15, -0.1) is 24.8 Å². The highest BCUT2D eigenvalue weighted by molar-refractivity contribution is 7.93. The Morgan fingerprint density at radius 3 is 1.57 bits per heavy atom. The van der Waals surface area contributed by atoms with E-state index in [1.807, 2.05) is 4.72 Å². The molecule has 0 amide bonds. The highest BCUT2D eigenvalue weighted by Crippen LogP contribution is 2.38. The molecule has 0 radical (unpaired) electrons. The first-order valence-electron chi connectivity index (χ1n) is 17.2. The number of Topliss-reactive ketones (excluding diaryl/α,β-unsaturated/α-hetero) is 1. The average molecular weight is 1090 g/mol. The molecule has 4 N–H and O–H groups in total. The molecular weight excluding hydrogens is 1060 g/mol. The summed E-state index contributed by atoms with van der Waals surface area (Å²) < 4.78 is 204. The number of sulfonamides is 1. The van der Waals surface area contributed by atoms with Gasteiger partial charge in [-0.1, -0.05) is 14.4 Å². The number of benzene rings is 4. The number of carboxylic acid groups (broad SMARTS) is 1. The quantitative estimate of drug-likeness (QED) is 0.0722. The molecule has 2 heterocycles. The number of alkyl halides is 6. The van der Waals surface area contributed by atoms with Crippen LogP contribution in [0.2, 0.25) is 0 Å². The molecule has 6 aromatic rings. The van der Waals surface area contributed by atoms with Gasteiger partial charge in [0, 0.05) is 41.7 Å². The summed E-state index contributed by atoms with van der Waals surface area (Å²) in [6.45, 7) is 1.44. The Morgan fingerprint density at radius 2 is 1.13 bits per heavy atom. The van der Waals surface area contributed by atoms with E-state index in [1.54, 1.807) is 0 Å². The third kappa shape index (κ3) is 15.7. The van der Waals surface area contributed by atoms with Gasteiger partial charge in [0.2, 0.25) is 5.13 Å². The summed E-state index contributed by atoms with van der Waals surface area (Å²) in [4.78, 5) is 28.0. The third-order valence-electron chi connectivity index (χ3n) is 7.71. The molecule has 31 heteroatoms. The molecule has 0 atom stereocenters. The van der Waals surface area contributed by atoms with E-state index in [-0.39, 0.29) is 60.4 Å². The molecule has 68 heavy (non-hydrogen) atoms. The lowest BCUT2D eigenvalue weighted by Crippen LogP contribution is -2.15. The number of carbonyl (C=O) groups excluding carboxylic acids is 1. The summed E-state index contributed by atoms with van der Waals surface area (Å²) in [6.07, 6.45) is -7.73. The number of nitrogens with zero attached hydrogens (tertiary/aromatic N) is 4. The monoisotopic (exact) mass is 1090 g/mol. The zero-order valence-electron chi connectivity index (χ0n) is 33.2. The average Bonchev–Trinajstić information content (AvgIpc) is 3.94. The minimum Gasteiger partial charge on any atom is -0.478 e. The van der Waals surface area contributed by atoms with Gasteiger partial charge in [0.25, 0.3) is 10.0 Å². The number of carboxylic acids is 1. The van der Waals surface area contributed by atoms with Gasteiger partial charge in [0.05, 0.1) is 16.7 Å². The Kier molecular flexibility index (Phi) is 21.7. The number of nitrogens with two attached hydrogens (primary N) is 1. The second kappa shape index (κ2) is 24.5. The number of halogens is 12. The van der Waals surface area contributed by atoms with Crippen LogP contribution >= 0.6 is 47.9 Å². The lowest BCUT2D eigenvalue weighted by atomic mass is 10.0. The molecule has 0 saturated carbocycles. The van der Waals surface area contributed by atoms with E-state index >= 15 is 0 Å². The van der Waals surface area contributed by atoms with Crippen LogP contribution < -0.4 is 19.9 Å². The number of nitrogens with one attached hydrogen (secondary N) is 1. The maximum atomic E-state index is 14.5. The molecule has 0 aliphatic carbocycles. The van der Waals surface area contributed by atoms with Crippen LogP contribution in [0, 0.1) is 23.3 Å². The molecule has 372 valence electrons. The number of sulfone groups is 1. The Hall–Kier alpha value is -5.72. The molecule has 0 aliphatic rings. The van der Waals surface area contributed by atoms with Gasteiger partial charge in [-0.05, 0) is 61.0 Å². The molecule has 0 fully saturated rings. The summed E-state index contributed by atoms with van der Waals surface area (Å²) in [7, 11) is -7.44. The van der Waals surface area contributed by atoms with E-state index in [0.29, 0.717) is 60.1 Å². The molecule has 0 aliphatic heterocycles. The Bertz CT molecular complexity index is 2920. The van der Waals surface area contributed by atoms with Crippen molar-refractivity contribution < 1.29 is 84.9 Å². The molecular formula is C37H32Cl2F10N6O9S4. The predicted octanol–water partition coefficient (Wildman–Crippen LogP) is 10.4. The second-order valence-corrected chi connectivity index (χ2v) is 17.4. The van der Waals surface area contributed by atoms with Crippen LogP contribution in [0.5, 0.6) is 23.0 Å². The van der Waals surface area contributed by atoms with Crippen molar-refractivity contribution in [2.75, 3.05) is 11.8 Å². The van der Waals surface area contributed by atoms with E-state index in [2.05, 4.69) is 24.4 Å². The first-order valence-corrected chi connectivity index (χ1v) is 21.9.